The predicted molar refractivity (Wildman–Crippen MR) is 89.1 cm³/mol. The number of amides is 1. The summed E-state index contributed by atoms with van der Waals surface area (Å²) in [5, 5.41) is 3.02. The van der Waals surface area contributed by atoms with Gasteiger partial charge >= 0.3 is 0 Å². The van der Waals surface area contributed by atoms with Crippen molar-refractivity contribution < 1.29 is 4.79 Å². The van der Waals surface area contributed by atoms with Crippen molar-refractivity contribution in [3.8, 4) is 0 Å². The van der Waals surface area contributed by atoms with Gasteiger partial charge in [0.25, 0.3) is 5.91 Å². The minimum absolute atomic E-state index is 0. The maximum absolute atomic E-state index is 12.2. The van der Waals surface area contributed by atoms with Gasteiger partial charge in [-0.25, -0.2) is 0 Å². The van der Waals surface area contributed by atoms with Crippen molar-refractivity contribution in [2.75, 3.05) is 0 Å². The molecule has 6 heteroatoms. The Morgan fingerprint density at radius 2 is 2.14 bits per heavy atom. The third kappa shape index (κ3) is 4.27. The van der Waals surface area contributed by atoms with Crippen molar-refractivity contribution >= 4 is 29.7 Å². The van der Waals surface area contributed by atoms with Gasteiger partial charge in [-0.15, -0.1) is 23.7 Å². The molecule has 0 radical (unpaired) electrons. The van der Waals surface area contributed by atoms with E-state index in [2.05, 4.69) is 30.2 Å². The van der Waals surface area contributed by atoms with Gasteiger partial charge in [0.1, 0.15) is 0 Å². The van der Waals surface area contributed by atoms with Crippen molar-refractivity contribution in [3.63, 3.8) is 0 Å². The number of nitrogens with one attached hydrogen (secondary N) is 1. The lowest BCUT2D eigenvalue weighted by molar-refractivity contribution is 0.0939. The van der Waals surface area contributed by atoms with Crippen LogP contribution in [0.3, 0.4) is 0 Å². The lowest BCUT2D eigenvalue weighted by Gasteiger charge is -2.14. The van der Waals surface area contributed by atoms with Crippen molar-refractivity contribution in [2.45, 2.75) is 33.4 Å². The van der Waals surface area contributed by atoms with Gasteiger partial charge in [-0.3, -0.25) is 9.78 Å². The molecule has 0 aliphatic rings. The quantitative estimate of drug-likeness (QED) is 0.907. The SMILES string of the molecule is Cc1cc(C(C)NC(=O)c2ccnc(CN)c2)c(C)s1.Cl. The van der Waals surface area contributed by atoms with Gasteiger partial charge < -0.3 is 11.1 Å². The molecule has 2 rings (SSSR count). The number of pyridine rings is 1. The monoisotopic (exact) mass is 325 g/mol. The van der Waals surface area contributed by atoms with E-state index in [0.29, 0.717) is 17.8 Å². The summed E-state index contributed by atoms with van der Waals surface area (Å²) in [6.45, 7) is 6.48. The summed E-state index contributed by atoms with van der Waals surface area (Å²) in [7, 11) is 0. The van der Waals surface area contributed by atoms with Gasteiger partial charge in [-0.2, -0.15) is 0 Å². The van der Waals surface area contributed by atoms with Gasteiger partial charge in [0.05, 0.1) is 11.7 Å². The normalized spacial score (nSPS) is 11.6. The standard InChI is InChI=1S/C15H19N3OS.ClH/c1-9-6-14(11(3)20-9)10(2)18-15(19)12-4-5-17-13(7-12)8-16;/h4-7,10H,8,16H2,1-3H3,(H,18,19);1H. The number of halogens is 1. The summed E-state index contributed by atoms with van der Waals surface area (Å²) in [5.41, 5.74) is 8.03. The molecule has 0 aliphatic carbocycles. The summed E-state index contributed by atoms with van der Waals surface area (Å²) in [6.07, 6.45) is 1.61. The molecule has 0 saturated heterocycles. The molecular weight excluding hydrogens is 306 g/mol. The number of carbonyl (C=O) groups excluding carboxylic acids is 1. The van der Waals surface area contributed by atoms with Gasteiger partial charge in [0.2, 0.25) is 0 Å². The molecule has 0 fully saturated rings. The zero-order valence-corrected chi connectivity index (χ0v) is 14.0. The molecule has 21 heavy (non-hydrogen) atoms. The number of nitrogens with two attached hydrogens (primary N) is 1. The molecule has 1 amide bonds. The third-order valence-electron chi connectivity index (χ3n) is 3.18. The first kappa shape index (κ1) is 17.6. The van der Waals surface area contributed by atoms with Crippen LogP contribution in [-0.2, 0) is 6.54 Å². The Bertz CT molecular complexity index is 627. The van der Waals surface area contributed by atoms with Crippen molar-refractivity contribution in [1.29, 1.82) is 0 Å². The second-order valence-electron chi connectivity index (χ2n) is 4.80. The summed E-state index contributed by atoms with van der Waals surface area (Å²) in [5.74, 6) is -0.0992. The van der Waals surface area contributed by atoms with Crippen LogP contribution >= 0.6 is 23.7 Å². The molecule has 2 aromatic rings. The van der Waals surface area contributed by atoms with Gasteiger partial charge in [0, 0.05) is 28.1 Å². The van der Waals surface area contributed by atoms with Crippen LogP contribution < -0.4 is 11.1 Å². The number of thiophene rings is 1. The molecule has 1 atom stereocenters. The van der Waals surface area contributed by atoms with E-state index in [4.69, 9.17) is 5.73 Å². The minimum Gasteiger partial charge on any atom is -0.345 e. The zero-order chi connectivity index (χ0) is 14.7. The molecule has 0 aromatic carbocycles. The second kappa shape index (κ2) is 7.54. The maximum Gasteiger partial charge on any atom is 0.251 e. The lowest BCUT2D eigenvalue weighted by atomic mass is 10.1. The predicted octanol–water partition coefficient (Wildman–Crippen LogP) is 3.13. The maximum atomic E-state index is 12.2. The van der Waals surface area contributed by atoms with E-state index >= 15 is 0 Å². The molecule has 4 nitrogen and oxygen atoms in total. The van der Waals surface area contributed by atoms with E-state index in [1.807, 2.05) is 6.92 Å². The summed E-state index contributed by atoms with van der Waals surface area (Å²) in [6, 6.07) is 5.55. The molecular formula is C15H20ClN3OS. The van der Waals surface area contributed by atoms with Gasteiger partial charge in [-0.1, -0.05) is 0 Å². The molecule has 114 valence electrons. The lowest BCUT2D eigenvalue weighted by Crippen LogP contribution is -2.27. The molecule has 1 unspecified atom stereocenters. The fourth-order valence-electron chi connectivity index (χ4n) is 2.17. The number of hydrogen-bond donors (Lipinski definition) is 2. The second-order valence-corrected chi connectivity index (χ2v) is 6.26. The average molecular weight is 326 g/mol. The van der Waals surface area contributed by atoms with Gasteiger partial charge in [-0.05, 0) is 44.5 Å². The Kier molecular flexibility index (Phi) is 6.33. The Hall–Kier alpha value is -1.43. The molecule has 2 aromatic heterocycles. The summed E-state index contributed by atoms with van der Waals surface area (Å²) in [4.78, 5) is 18.8. The summed E-state index contributed by atoms with van der Waals surface area (Å²) >= 11 is 1.75. The van der Waals surface area contributed by atoms with Crippen LogP contribution in [0, 0.1) is 13.8 Å². The van der Waals surface area contributed by atoms with Crippen LogP contribution in [0.4, 0.5) is 0 Å². The first-order chi connectivity index (χ1) is 9.51. The van der Waals surface area contributed by atoms with Crippen LogP contribution in [0.5, 0.6) is 0 Å². The zero-order valence-electron chi connectivity index (χ0n) is 12.3. The highest BCUT2D eigenvalue weighted by Gasteiger charge is 2.15. The van der Waals surface area contributed by atoms with E-state index in [1.165, 1.54) is 15.3 Å². The van der Waals surface area contributed by atoms with Gasteiger partial charge in [0.15, 0.2) is 0 Å². The average Bonchev–Trinajstić information content (AvgIpc) is 2.77. The number of carbonyl (C=O) groups is 1. The Morgan fingerprint density at radius 3 is 2.71 bits per heavy atom. The van der Waals surface area contributed by atoms with Crippen LogP contribution in [0.15, 0.2) is 24.4 Å². The number of aromatic nitrogens is 1. The highest BCUT2D eigenvalue weighted by molar-refractivity contribution is 7.12. The van der Waals surface area contributed by atoms with Crippen LogP contribution in [0.2, 0.25) is 0 Å². The Morgan fingerprint density at radius 1 is 1.43 bits per heavy atom. The molecule has 2 heterocycles. The largest absolute Gasteiger partial charge is 0.345 e. The number of aryl methyl sites for hydroxylation is 2. The highest BCUT2D eigenvalue weighted by atomic mass is 35.5. The smallest absolute Gasteiger partial charge is 0.251 e. The van der Waals surface area contributed by atoms with Crippen LogP contribution in [-0.4, -0.2) is 10.9 Å². The number of rotatable bonds is 4. The summed E-state index contributed by atoms with van der Waals surface area (Å²) < 4.78 is 0. The Balaban J connectivity index is 0.00000220. The van der Waals surface area contributed by atoms with Crippen molar-refractivity contribution in [3.05, 3.63) is 51.0 Å². The topological polar surface area (TPSA) is 68.0 Å². The van der Waals surface area contributed by atoms with Crippen molar-refractivity contribution in [1.82, 2.24) is 10.3 Å². The molecule has 3 N–H and O–H groups in total. The third-order valence-corrected chi connectivity index (χ3v) is 4.16. The van der Waals surface area contributed by atoms with E-state index in [-0.39, 0.29) is 24.4 Å². The first-order valence-corrected chi connectivity index (χ1v) is 7.35. The Labute approximate surface area is 135 Å². The fraction of sp³-hybridized carbons (Fsp3) is 0.333. The minimum atomic E-state index is -0.0992. The molecule has 0 bridgehead atoms. The number of nitrogens with zero attached hydrogens (tertiary/aromatic N) is 1. The van der Waals surface area contributed by atoms with E-state index in [1.54, 1.807) is 29.7 Å². The van der Waals surface area contributed by atoms with Crippen LogP contribution in [0.1, 0.15) is 44.3 Å². The molecule has 0 spiro atoms. The molecule has 0 saturated carbocycles. The fourth-order valence-corrected chi connectivity index (χ4v) is 3.19. The first-order valence-electron chi connectivity index (χ1n) is 6.54. The van der Waals surface area contributed by atoms with E-state index < -0.39 is 0 Å². The van der Waals surface area contributed by atoms with E-state index in [0.717, 1.165) is 0 Å². The van der Waals surface area contributed by atoms with E-state index in [9.17, 15) is 4.79 Å². The van der Waals surface area contributed by atoms with Crippen LogP contribution in [0.25, 0.3) is 0 Å². The number of hydrogen-bond acceptors (Lipinski definition) is 4. The van der Waals surface area contributed by atoms with Crippen molar-refractivity contribution in [2.24, 2.45) is 5.73 Å². The molecule has 0 aliphatic heterocycles. The highest BCUT2D eigenvalue weighted by Crippen LogP contribution is 2.26.